The topological polar surface area (TPSA) is 109 Å². The lowest BCUT2D eigenvalue weighted by molar-refractivity contribution is -0.114. The van der Waals surface area contributed by atoms with Gasteiger partial charge in [-0.05, 0) is 18.4 Å². The number of halogens is 2. The van der Waals surface area contributed by atoms with Crippen LogP contribution in [0.1, 0.15) is 23.7 Å². The first kappa shape index (κ1) is 18.7. The molecule has 0 aliphatic rings. The van der Waals surface area contributed by atoms with Crippen LogP contribution >= 0.6 is 11.3 Å². The molecule has 10 heteroatoms. The first-order chi connectivity index (χ1) is 11.9. The highest BCUT2D eigenvalue weighted by molar-refractivity contribution is 7.13. The van der Waals surface area contributed by atoms with Crippen molar-refractivity contribution < 1.29 is 18.4 Å². The smallest absolute Gasteiger partial charge is 0.329 e. The van der Waals surface area contributed by atoms with E-state index in [2.05, 4.69) is 15.6 Å². The fraction of sp³-hybridized carbons (Fsp3) is 0.267. The minimum atomic E-state index is -1.01. The van der Waals surface area contributed by atoms with Crippen LogP contribution in [-0.4, -0.2) is 16.9 Å². The molecule has 1 aromatic carbocycles. The summed E-state index contributed by atoms with van der Waals surface area (Å²) in [7, 11) is 0. The van der Waals surface area contributed by atoms with Crippen molar-refractivity contribution in [2.24, 2.45) is 5.84 Å². The number of rotatable bonds is 6. The van der Waals surface area contributed by atoms with Gasteiger partial charge in [-0.15, -0.1) is 11.3 Å². The van der Waals surface area contributed by atoms with Gasteiger partial charge in [0.1, 0.15) is 0 Å². The highest BCUT2D eigenvalue weighted by atomic mass is 32.1. The molecule has 134 valence electrons. The lowest BCUT2D eigenvalue weighted by Gasteiger charge is -2.09. The van der Waals surface area contributed by atoms with E-state index in [0.29, 0.717) is 17.2 Å². The van der Waals surface area contributed by atoms with Crippen LogP contribution in [-0.2, 0) is 24.2 Å². The molecule has 0 atom stereocenters. The highest BCUT2D eigenvalue weighted by Gasteiger charge is 2.14. The number of anilines is 1. The van der Waals surface area contributed by atoms with Gasteiger partial charge in [0, 0.05) is 24.4 Å². The standard InChI is InChI=1S/C15H17F2N5O2S/c1-8(23)20-15-21-11(7-25-15)5-4-9-2-3-10(13(17)12(9)16)6-19-14(24)22-18/h2-3,7H,4-6,18H2,1H3,(H2,19,22,24)(H,20,21,23). The van der Waals surface area contributed by atoms with Crippen LogP contribution in [0.2, 0.25) is 0 Å². The van der Waals surface area contributed by atoms with Crippen LogP contribution in [0.15, 0.2) is 17.5 Å². The maximum absolute atomic E-state index is 14.1. The Morgan fingerprint density at radius 2 is 1.88 bits per heavy atom. The maximum atomic E-state index is 14.1. The summed E-state index contributed by atoms with van der Waals surface area (Å²) in [5.41, 5.74) is 2.74. The molecule has 0 saturated heterocycles. The molecule has 0 aliphatic carbocycles. The monoisotopic (exact) mass is 369 g/mol. The van der Waals surface area contributed by atoms with E-state index in [-0.39, 0.29) is 30.0 Å². The third-order valence-corrected chi connectivity index (χ3v) is 4.10. The van der Waals surface area contributed by atoms with Crippen LogP contribution in [0, 0.1) is 11.6 Å². The average Bonchev–Trinajstić information content (AvgIpc) is 3.01. The predicted octanol–water partition coefficient (Wildman–Crippen LogP) is 1.84. The molecule has 0 radical (unpaired) electrons. The van der Waals surface area contributed by atoms with Gasteiger partial charge in [-0.1, -0.05) is 12.1 Å². The van der Waals surface area contributed by atoms with E-state index in [1.165, 1.54) is 30.4 Å². The van der Waals surface area contributed by atoms with Gasteiger partial charge in [0.05, 0.1) is 5.69 Å². The zero-order valence-electron chi connectivity index (χ0n) is 13.4. The Hall–Kier alpha value is -2.59. The number of carbonyl (C=O) groups excluding carboxylic acids is 2. The molecule has 25 heavy (non-hydrogen) atoms. The molecule has 0 aliphatic heterocycles. The van der Waals surface area contributed by atoms with Crippen LogP contribution in [0.25, 0.3) is 0 Å². The molecule has 7 nitrogen and oxygen atoms in total. The summed E-state index contributed by atoms with van der Waals surface area (Å²) >= 11 is 1.27. The summed E-state index contributed by atoms with van der Waals surface area (Å²) in [6.07, 6.45) is 0.655. The number of urea groups is 1. The van der Waals surface area contributed by atoms with Gasteiger partial charge in [-0.25, -0.2) is 24.4 Å². The molecular formula is C15H17F2N5O2S. The van der Waals surface area contributed by atoms with Crippen molar-refractivity contribution >= 4 is 28.4 Å². The molecular weight excluding hydrogens is 352 g/mol. The number of nitrogens with zero attached hydrogens (tertiary/aromatic N) is 1. The van der Waals surface area contributed by atoms with Crippen molar-refractivity contribution in [1.82, 2.24) is 15.7 Å². The zero-order valence-corrected chi connectivity index (χ0v) is 14.2. The summed E-state index contributed by atoms with van der Waals surface area (Å²) < 4.78 is 28.2. The number of benzene rings is 1. The number of hydrogen-bond donors (Lipinski definition) is 4. The highest BCUT2D eigenvalue weighted by Crippen LogP contribution is 2.20. The van der Waals surface area contributed by atoms with Crippen LogP contribution in [0.5, 0.6) is 0 Å². The molecule has 2 rings (SSSR count). The quantitative estimate of drug-likeness (QED) is 0.354. The summed E-state index contributed by atoms with van der Waals surface area (Å²) in [5, 5.41) is 7.07. The van der Waals surface area contributed by atoms with Crippen molar-refractivity contribution in [1.29, 1.82) is 0 Å². The van der Waals surface area contributed by atoms with Gasteiger partial charge in [0.25, 0.3) is 0 Å². The fourth-order valence-corrected chi connectivity index (χ4v) is 2.87. The van der Waals surface area contributed by atoms with Gasteiger partial charge in [-0.2, -0.15) is 0 Å². The molecule has 0 fully saturated rings. The van der Waals surface area contributed by atoms with Gasteiger partial charge in [0.2, 0.25) is 5.91 Å². The molecule has 0 bridgehead atoms. The van der Waals surface area contributed by atoms with Crippen molar-refractivity contribution in [2.45, 2.75) is 26.3 Å². The maximum Gasteiger partial charge on any atom is 0.329 e. The number of hydrazine groups is 1. The summed E-state index contributed by atoms with van der Waals surface area (Å²) in [6.45, 7) is 1.20. The second-order valence-electron chi connectivity index (χ2n) is 5.16. The van der Waals surface area contributed by atoms with Crippen LogP contribution in [0.4, 0.5) is 18.7 Å². The first-order valence-electron chi connectivity index (χ1n) is 7.33. The summed E-state index contributed by atoms with van der Waals surface area (Å²) in [5.74, 6) is 2.71. The average molecular weight is 369 g/mol. The number of aromatic nitrogens is 1. The summed E-state index contributed by atoms with van der Waals surface area (Å²) in [6, 6.07) is 2.19. The van der Waals surface area contributed by atoms with E-state index >= 15 is 0 Å². The van der Waals surface area contributed by atoms with E-state index < -0.39 is 17.7 Å². The van der Waals surface area contributed by atoms with Crippen molar-refractivity contribution in [2.75, 3.05) is 5.32 Å². The van der Waals surface area contributed by atoms with Crippen molar-refractivity contribution in [3.05, 3.63) is 46.0 Å². The van der Waals surface area contributed by atoms with Gasteiger partial charge < -0.3 is 10.6 Å². The number of aryl methyl sites for hydroxylation is 2. The Morgan fingerprint density at radius 3 is 2.56 bits per heavy atom. The molecule has 5 N–H and O–H groups in total. The van der Waals surface area contributed by atoms with E-state index in [1.807, 2.05) is 5.43 Å². The second-order valence-corrected chi connectivity index (χ2v) is 6.02. The minimum Gasteiger partial charge on any atom is -0.333 e. The molecule has 1 aromatic heterocycles. The zero-order chi connectivity index (χ0) is 18.4. The summed E-state index contributed by atoms with van der Waals surface area (Å²) in [4.78, 5) is 26.1. The van der Waals surface area contributed by atoms with Gasteiger partial charge in [0.15, 0.2) is 16.8 Å². The Kier molecular flexibility index (Phi) is 6.37. The number of nitrogens with one attached hydrogen (secondary N) is 3. The van der Waals surface area contributed by atoms with E-state index in [0.717, 1.165) is 0 Å². The predicted molar refractivity (Wildman–Crippen MR) is 89.7 cm³/mol. The first-order valence-corrected chi connectivity index (χ1v) is 8.21. The number of nitrogens with two attached hydrogens (primary N) is 1. The minimum absolute atomic E-state index is 0.0199. The fourth-order valence-electron chi connectivity index (χ4n) is 2.08. The number of amides is 3. The Labute approximate surface area is 146 Å². The molecule has 2 aromatic rings. The number of thiazole rings is 1. The molecule has 0 spiro atoms. The van der Waals surface area contributed by atoms with Crippen molar-refractivity contribution in [3.63, 3.8) is 0 Å². The SMILES string of the molecule is CC(=O)Nc1nc(CCc2ccc(CNC(=O)NN)c(F)c2F)cs1. The van der Waals surface area contributed by atoms with Gasteiger partial charge >= 0.3 is 6.03 Å². The second kappa shape index (κ2) is 8.49. The Morgan fingerprint density at radius 1 is 1.20 bits per heavy atom. The van der Waals surface area contributed by atoms with Crippen molar-refractivity contribution in [3.8, 4) is 0 Å². The Balaban J connectivity index is 2.00. The van der Waals surface area contributed by atoms with E-state index in [9.17, 15) is 18.4 Å². The molecule has 0 unspecified atom stereocenters. The van der Waals surface area contributed by atoms with E-state index in [4.69, 9.17) is 5.84 Å². The lowest BCUT2D eigenvalue weighted by atomic mass is 10.0. The third kappa shape index (κ3) is 5.19. The number of carbonyl (C=O) groups is 2. The van der Waals surface area contributed by atoms with E-state index in [1.54, 1.807) is 5.38 Å². The van der Waals surface area contributed by atoms with Crippen LogP contribution < -0.4 is 21.9 Å². The largest absolute Gasteiger partial charge is 0.333 e. The molecule has 1 heterocycles. The van der Waals surface area contributed by atoms with Gasteiger partial charge in [-0.3, -0.25) is 10.2 Å². The lowest BCUT2D eigenvalue weighted by Crippen LogP contribution is -2.39. The number of hydrogen-bond acceptors (Lipinski definition) is 5. The molecule has 3 amide bonds. The normalized spacial score (nSPS) is 10.4. The van der Waals surface area contributed by atoms with Crippen LogP contribution in [0.3, 0.4) is 0 Å². The third-order valence-electron chi connectivity index (χ3n) is 3.30. The molecule has 0 saturated carbocycles. The Bertz CT molecular complexity index is 781.